The third-order valence-electron chi connectivity index (χ3n) is 2.74. The lowest BCUT2D eigenvalue weighted by atomic mass is 10.1. The second-order valence-electron chi connectivity index (χ2n) is 4.12. The van der Waals surface area contributed by atoms with Crippen LogP contribution in [0.3, 0.4) is 0 Å². The first-order valence-corrected chi connectivity index (χ1v) is 8.07. The molecule has 17 heavy (non-hydrogen) atoms. The van der Waals surface area contributed by atoms with E-state index in [9.17, 15) is 0 Å². The van der Waals surface area contributed by atoms with Gasteiger partial charge in [-0.05, 0) is 18.1 Å². The summed E-state index contributed by atoms with van der Waals surface area (Å²) in [7, 11) is 0. The molecule has 0 radical (unpaired) electrons. The molecule has 2 rings (SSSR count). The van der Waals surface area contributed by atoms with Gasteiger partial charge in [-0.2, -0.15) is 11.8 Å². The minimum absolute atomic E-state index is 0.719. The predicted octanol–water partition coefficient (Wildman–Crippen LogP) is 3.21. The van der Waals surface area contributed by atoms with Crippen molar-refractivity contribution in [2.24, 2.45) is 0 Å². The molecule has 0 saturated heterocycles. The summed E-state index contributed by atoms with van der Waals surface area (Å²) in [6.07, 6.45) is 3.18. The largest absolute Gasteiger partial charge is 0.315 e. The predicted molar refractivity (Wildman–Crippen MR) is 80.2 cm³/mol. The lowest BCUT2D eigenvalue weighted by Crippen LogP contribution is -2.26. The molecule has 1 nitrogen and oxygen atoms in total. The van der Waals surface area contributed by atoms with E-state index in [-0.39, 0.29) is 0 Å². The van der Waals surface area contributed by atoms with Gasteiger partial charge in [0.1, 0.15) is 0 Å². The molecule has 0 bridgehead atoms. The van der Waals surface area contributed by atoms with Crippen LogP contribution in [0.25, 0.3) is 0 Å². The van der Waals surface area contributed by atoms with E-state index in [0.717, 1.165) is 24.1 Å². The molecule has 0 fully saturated rings. The molecule has 3 heteroatoms. The van der Waals surface area contributed by atoms with Crippen LogP contribution in [0.1, 0.15) is 5.56 Å². The molecule has 0 spiro atoms. The van der Waals surface area contributed by atoms with Gasteiger partial charge in [0, 0.05) is 34.7 Å². The Kier molecular flexibility index (Phi) is 5.49. The maximum Gasteiger partial charge on any atom is 0.0260 e. The fourth-order valence-electron chi connectivity index (χ4n) is 1.94. The van der Waals surface area contributed by atoms with E-state index in [4.69, 9.17) is 0 Å². The highest BCUT2D eigenvalue weighted by Gasteiger charge is 2.20. The number of hydrogen-bond donors (Lipinski definition) is 1. The number of hydrogen-bond acceptors (Lipinski definition) is 3. The highest BCUT2D eigenvalue weighted by atomic mass is 32.2. The van der Waals surface area contributed by atoms with Crippen LogP contribution in [0.5, 0.6) is 0 Å². The van der Waals surface area contributed by atoms with Crippen molar-refractivity contribution in [2.75, 3.05) is 24.6 Å². The van der Waals surface area contributed by atoms with E-state index >= 15 is 0 Å². The first-order chi connectivity index (χ1) is 8.40. The summed E-state index contributed by atoms with van der Waals surface area (Å²) < 4.78 is 0. The average Bonchev–Trinajstić information content (AvgIpc) is 2.76. The van der Waals surface area contributed by atoms with Gasteiger partial charge in [-0.3, -0.25) is 0 Å². The molecule has 1 unspecified atom stereocenters. The molecule has 1 aliphatic rings. The number of rotatable bonds is 7. The van der Waals surface area contributed by atoms with Gasteiger partial charge in [-0.1, -0.05) is 24.3 Å². The molecule has 1 heterocycles. The molecule has 1 aliphatic heterocycles. The van der Waals surface area contributed by atoms with Gasteiger partial charge in [0.15, 0.2) is 0 Å². The Hall–Kier alpha value is -0.380. The van der Waals surface area contributed by atoms with Gasteiger partial charge in [-0.15, -0.1) is 18.3 Å². The molecule has 0 aliphatic carbocycles. The van der Waals surface area contributed by atoms with Crippen molar-refractivity contribution in [3.63, 3.8) is 0 Å². The summed E-state index contributed by atoms with van der Waals surface area (Å²) in [5.74, 6) is 2.24. The van der Waals surface area contributed by atoms with E-state index in [1.165, 1.54) is 22.6 Å². The minimum atomic E-state index is 0.719. The monoisotopic (exact) mass is 265 g/mol. The van der Waals surface area contributed by atoms with Gasteiger partial charge in [0.25, 0.3) is 0 Å². The first kappa shape index (κ1) is 13.1. The number of nitrogens with one attached hydrogen (secondary N) is 1. The van der Waals surface area contributed by atoms with E-state index in [1.807, 2.05) is 29.6 Å². The highest BCUT2D eigenvalue weighted by molar-refractivity contribution is 8.00. The Morgan fingerprint density at radius 1 is 1.47 bits per heavy atom. The third-order valence-corrected chi connectivity index (χ3v) is 5.03. The summed E-state index contributed by atoms with van der Waals surface area (Å²) in [4.78, 5) is 1.47. The summed E-state index contributed by atoms with van der Waals surface area (Å²) in [5.41, 5.74) is 1.52. The van der Waals surface area contributed by atoms with Gasteiger partial charge in [0.2, 0.25) is 0 Å². The zero-order valence-electron chi connectivity index (χ0n) is 10.0. The van der Waals surface area contributed by atoms with Gasteiger partial charge in [-0.25, -0.2) is 0 Å². The summed E-state index contributed by atoms with van der Waals surface area (Å²) in [6, 6.07) is 8.76. The van der Waals surface area contributed by atoms with Crippen molar-refractivity contribution in [2.45, 2.75) is 16.6 Å². The molecule has 1 atom stereocenters. The van der Waals surface area contributed by atoms with Gasteiger partial charge in [0.05, 0.1) is 0 Å². The average molecular weight is 265 g/mol. The van der Waals surface area contributed by atoms with Gasteiger partial charge < -0.3 is 5.32 Å². The quantitative estimate of drug-likeness (QED) is 0.600. The molecule has 0 aromatic heterocycles. The van der Waals surface area contributed by atoms with Crippen LogP contribution in [-0.2, 0) is 6.42 Å². The topological polar surface area (TPSA) is 12.0 Å². The third kappa shape index (κ3) is 4.09. The van der Waals surface area contributed by atoms with Gasteiger partial charge >= 0.3 is 0 Å². The molecule has 92 valence electrons. The second-order valence-corrected chi connectivity index (χ2v) is 6.61. The Labute approximate surface area is 112 Å². The standard InChI is InChI=1S/C14H19NS2/c1-2-8-16-9-7-15-11-13-10-12-5-3-4-6-14(12)17-13/h2-6,13,15H,1,7-11H2. The molecule has 1 aromatic rings. The smallest absolute Gasteiger partial charge is 0.0260 e. The first-order valence-electron chi connectivity index (χ1n) is 6.04. The summed E-state index contributed by atoms with van der Waals surface area (Å²) >= 11 is 3.95. The molecular formula is C14H19NS2. The normalized spacial score (nSPS) is 18.0. The van der Waals surface area contributed by atoms with Crippen LogP contribution in [-0.4, -0.2) is 29.8 Å². The Morgan fingerprint density at radius 3 is 3.18 bits per heavy atom. The van der Waals surface area contributed by atoms with Crippen LogP contribution in [0.2, 0.25) is 0 Å². The zero-order chi connectivity index (χ0) is 11.9. The molecule has 1 aromatic carbocycles. The van der Waals surface area contributed by atoms with Crippen LogP contribution in [0.15, 0.2) is 41.8 Å². The minimum Gasteiger partial charge on any atom is -0.315 e. The number of benzene rings is 1. The fourth-order valence-corrected chi connectivity index (χ4v) is 3.85. The van der Waals surface area contributed by atoms with Crippen molar-refractivity contribution in [3.05, 3.63) is 42.5 Å². The van der Waals surface area contributed by atoms with Crippen molar-refractivity contribution in [3.8, 4) is 0 Å². The van der Waals surface area contributed by atoms with E-state index in [1.54, 1.807) is 0 Å². The second kappa shape index (κ2) is 7.14. The van der Waals surface area contributed by atoms with Crippen molar-refractivity contribution >= 4 is 23.5 Å². The van der Waals surface area contributed by atoms with Crippen LogP contribution < -0.4 is 5.32 Å². The molecule has 1 N–H and O–H groups in total. The zero-order valence-corrected chi connectivity index (χ0v) is 11.7. The maximum absolute atomic E-state index is 3.72. The number of thioether (sulfide) groups is 2. The van der Waals surface area contributed by atoms with E-state index in [0.29, 0.717) is 0 Å². The highest BCUT2D eigenvalue weighted by Crippen LogP contribution is 2.36. The van der Waals surface area contributed by atoms with Crippen molar-refractivity contribution in [1.82, 2.24) is 5.32 Å². The Bertz CT molecular complexity index is 340. The van der Waals surface area contributed by atoms with Crippen LogP contribution in [0.4, 0.5) is 0 Å². The van der Waals surface area contributed by atoms with Crippen molar-refractivity contribution < 1.29 is 0 Å². The van der Waals surface area contributed by atoms with E-state index in [2.05, 4.69) is 36.2 Å². The maximum atomic E-state index is 3.72. The summed E-state index contributed by atoms with van der Waals surface area (Å²) in [6.45, 7) is 5.94. The lowest BCUT2D eigenvalue weighted by molar-refractivity contribution is 0.694. The van der Waals surface area contributed by atoms with Crippen LogP contribution >= 0.6 is 23.5 Å². The van der Waals surface area contributed by atoms with E-state index < -0.39 is 0 Å². The fraction of sp³-hybridized carbons (Fsp3) is 0.429. The van der Waals surface area contributed by atoms with Crippen LogP contribution in [0, 0.1) is 0 Å². The van der Waals surface area contributed by atoms with Crippen molar-refractivity contribution in [1.29, 1.82) is 0 Å². The molecule has 0 amide bonds. The summed E-state index contributed by atoms with van der Waals surface area (Å²) in [5, 5.41) is 4.26. The molecule has 0 saturated carbocycles. The lowest BCUT2D eigenvalue weighted by Gasteiger charge is -2.09. The SMILES string of the molecule is C=CCSCCNCC1Cc2ccccc2S1. The molecular weight excluding hydrogens is 246 g/mol. The Morgan fingerprint density at radius 2 is 2.35 bits per heavy atom. The Balaban J connectivity index is 1.62. The number of fused-ring (bicyclic) bond motifs is 1.